The highest BCUT2D eigenvalue weighted by molar-refractivity contribution is 6.08. The first kappa shape index (κ1) is 16.1. The van der Waals surface area contributed by atoms with Crippen LogP contribution in [0, 0.1) is 0 Å². The zero-order valence-electron chi connectivity index (χ0n) is 15.7. The second-order valence-electron chi connectivity index (χ2n) is 7.70. The number of hydrogen-bond acceptors (Lipinski definition) is 0. The number of benzene rings is 5. The topological polar surface area (TPSA) is 0 Å². The Morgan fingerprint density at radius 3 is 1.93 bits per heavy atom. The van der Waals surface area contributed by atoms with Crippen LogP contribution in [0.4, 0.5) is 0 Å². The molecule has 0 aliphatic rings. The molecule has 0 saturated carbocycles. The van der Waals surface area contributed by atoms with Crippen LogP contribution >= 0.6 is 0 Å². The molecule has 0 spiro atoms. The molecule has 0 heteroatoms. The van der Waals surface area contributed by atoms with Gasteiger partial charge in [0.15, 0.2) is 0 Å². The Morgan fingerprint density at radius 1 is 0.481 bits per heavy atom. The zero-order valence-corrected chi connectivity index (χ0v) is 15.7. The molecule has 0 unspecified atom stereocenters. The van der Waals surface area contributed by atoms with Gasteiger partial charge in [0.05, 0.1) is 0 Å². The molecule has 0 aliphatic carbocycles. The molecule has 0 heterocycles. The summed E-state index contributed by atoms with van der Waals surface area (Å²) in [5.41, 5.74) is 3.94. The summed E-state index contributed by atoms with van der Waals surface area (Å²) in [5, 5.41) is 7.85. The summed E-state index contributed by atoms with van der Waals surface area (Å²) in [6.45, 7) is 4.49. The van der Waals surface area contributed by atoms with Crippen molar-refractivity contribution in [2.75, 3.05) is 0 Å². The second kappa shape index (κ2) is 6.25. The predicted octanol–water partition coefficient (Wildman–Crippen LogP) is 7.94. The van der Waals surface area contributed by atoms with E-state index in [4.69, 9.17) is 0 Å². The minimum Gasteiger partial charge on any atom is -0.0616 e. The van der Waals surface area contributed by atoms with E-state index in [0.717, 1.165) is 0 Å². The van der Waals surface area contributed by atoms with Gasteiger partial charge >= 0.3 is 0 Å². The summed E-state index contributed by atoms with van der Waals surface area (Å²) in [7, 11) is 0. The summed E-state index contributed by atoms with van der Waals surface area (Å²) >= 11 is 0. The lowest BCUT2D eigenvalue weighted by Crippen LogP contribution is -1.87. The third kappa shape index (κ3) is 2.78. The van der Waals surface area contributed by atoms with Gasteiger partial charge in [-0.3, -0.25) is 0 Å². The van der Waals surface area contributed by atoms with Gasteiger partial charge in [0.25, 0.3) is 0 Å². The first-order chi connectivity index (χ1) is 13.2. The van der Waals surface area contributed by atoms with Crippen LogP contribution in [0.3, 0.4) is 0 Å². The van der Waals surface area contributed by atoms with Crippen LogP contribution in [0.1, 0.15) is 25.3 Å². The summed E-state index contributed by atoms with van der Waals surface area (Å²) in [5.74, 6) is 0.560. The van der Waals surface area contributed by atoms with Gasteiger partial charge in [-0.1, -0.05) is 92.7 Å². The van der Waals surface area contributed by atoms with E-state index in [1.165, 1.54) is 49.0 Å². The molecule has 5 rings (SSSR count). The maximum absolute atomic E-state index is 2.32. The van der Waals surface area contributed by atoms with Crippen molar-refractivity contribution >= 4 is 32.3 Å². The van der Waals surface area contributed by atoms with Crippen molar-refractivity contribution in [2.45, 2.75) is 19.8 Å². The van der Waals surface area contributed by atoms with Crippen LogP contribution in [0.5, 0.6) is 0 Å². The molecule has 0 radical (unpaired) electrons. The van der Waals surface area contributed by atoms with Crippen LogP contribution in [0.15, 0.2) is 91.0 Å². The number of rotatable bonds is 2. The van der Waals surface area contributed by atoms with Crippen LogP contribution in [0.25, 0.3) is 43.4 Å². The Balaban J connectivity index is 1.64. The van der Waals surface area contributed by atoms with E-state index in [0.29, 0.717) is 5.92 Å². The third-order valence-corrected chi connectivity index (χ3v) is 5.61. The second-order valence-corrected chi connectivity index (χ2v) is 7.70. The molecular formula is C27H22. The summed E-state index contributed by atoms with van der Waals surface area (Å²) in [4.78, 5) is 0. The molecule has 130 valence electrons. The van der Waals surface area contributed by atoms with Crippen molar-refractivity contribution in [3.8, 4) is 11.1 Å². The standard InChI is InChI=1S/C27H22/c1-18(2)20-8-9-22-16-23(11-10-21(22)15-20)24-13-14-27-25(17-24)12-7-19-5-3-4-6-26(19)27/h3-18H,1-2H3. The largest absolute Gasteiger partial charge is 0.0616 e. The molecule has 0 amide bonds. The van der Waals surface area contributed by atoms with Gasteiger partial charge in [-0.25, -0.2) is 0 Å². The molecule has 5 aromatic carbocycles. The van der Waals surface area contributed by atoms with Gasteiger partial charge in [0, 0.05) is 0 Å². The van der Waals surface area contributed by atoms with Crippen LogP contribution in [0.2, 0.25) is 0 Å². The molecule has 0 bridgehead atoms. The average Bonchev–Trinajstić information content (AvgIpc) is 2.72. The Morgan fingerprint density at radius 2 is 1.07 bits per heavy atom. The molecule has 0 aromatic heterocycles. The van der Waals surface area contributed by atoms with Gasteiger partial charge in [0.1, 0.15) is 0 Å². The number of hydrogen-bond donors (Lipinski definition) is 0. The SMILES string of the molecule is CC(C)c1ccc2cc(-c3ccc4c(ccc5ccccc54)c3)ccc2c1. The lowest BCUT2D eigenvalue weighted by Gasteiger charge is -2.10. The van der Waals surface area contributed by atoms with Gasteiger partial charge in [-0.2, -0.15) is 0 Å². The predicted molar refractivity (Wildman–Crippen MR) is 118 cm³/mol. The minimum atomic E-state index is 0.560. The average molecular weight is 346 g/mol. The summed E-state index contributed by atoms with van der Waals surface area (Å²) in [6, 6.07) is 33.5. The highest BCUT2D eigenvalue weighted by Crippen LogP contribution is 2.31. The number of fused-ring (bicyclic) bond motifs is 4. The van der Waals surface area contributed by atoms with E-state index >= 15 is 0 Å². The summed E-state index contributed by atoms with van der Waals surface area (Å²) < 4.78 is 0. The van der Waals surface area contributed by atoms with Crippen molar-refractivity contribution in [3.05, 3.63) is 96.6 Å². The maximum Gasteiger partial charge on any atom is -0.0105 e. The quantitative estimate of drug-likeness (QED) is 0.285. The van der Waals surface area contributed by atoms with Crippen LogP contribution < -0.4 is 0 Å². The first-order valence-electron chi connectivity index (χ1n) is 9.65. The maximum atomic E-state index is 2.32. The highest BCUT2D eigenvalue weighted by Gasteiger charge is 2.06. The zero-order chi connectivity index (χ0) is 18.4. The van der Waals surface area contributed by atoms with Gasteiger partial charge in [-0.15, -0.1) is 0 Å². The third-order valence-electron chi connectivity index (χ3n) is 5.61. The van der Waals surface area contributed by atoms with E-state index in [1.807, 2.05) is 0 Å². The Labute approximate surface area is 160 Å². The van der Waals surface area contributed by atoms with E-state index in [9.17, 15) is 0 Å². The highest BCUT2D eigenvalue weighted by atomic mass is 14.1. The van der Waals surface area contributed by atoms with Crippen LogP contribution in [-0.4, -0.2) is 0 Å². The molecule has 0 aliphatic heterocycles. The smallest absolute Gasteiger partial charge is 0.0105 e. The van der Waals surface area contributed by atoms with Gasteiger partial charge in [-0.05, 0) is 67.1 Å². The Kier molecular flexibility index (Phi) is 3.72. The minimum absolute atomic E-state index is 0.560. The molecule has 27 heavy (non-hydrogen) atoms. The van der Waals surface area contributed by atoms with E-state index < -0.39 is 0 Å². The Hall–Kier alpha value is -3.12. The lowest BCUT2D eigenvalue weighted by molar-refractivity contribution is 0.869. The monoisotopic (exact) mass is 346 g/mol. The fourth-order valence-corrected chi connectivity index (χ4v) is 4.00. The van der Waals surface area contributed by atoms with E-state index in [1.54, 1.807) is 0 Å². The Bertz CT molecular complexity index is 1290. The van der Waals surface area contributed by atoms with Crippen molar-refractivity contribution in [2.24, 2.45) is 0 Å². The fourth-order valence-electron chi connectivity index (χ4n) is 4.00. The molecular weight excluding hydrogens is 324 g/mol. The van der Waals surface area contributed by atoms with Crippen LogP contribution in [-0.2, 0) is 0 Å². The molecule has 5 aromatic rings. The van der Waals surface area contributed by atoms with E-state index in [-0.39, 0.29) is 0 Å². The summed E-state index contributed by atoms with van der Waals surface area (Å²) in [6.07, 6.45) is 0. The molecule has 0 atom stereocenters. The fraction of sp³-hybridized carbons (Fsp3) is 0.111. The van der Waals surface area contributed by atoms with Gasteiger partial charge < -0.3 is 0 Å². The van der Waals surface area contributed by atoms with Crippen molar-refractivity contribution in [3.63, 3.8) is 0 Å². The normalized spacial score (nSPS) is 11.7. The first-order valence-corrected chi connectivity index (χ1v) is 9.65. The molecule has 0 fully saturated rings. The van der Waals surface area contributed by atoms with Crippen molar-refractivity contribution in [1.82, 2.24) is 0 Å². The van der Waals surface area contributed by atoms with Gasteiger partial charge in [0.2, 0.25) is 0 Å². The van der Waals surface area contributed by atoms with Crippen molar-refractivity contribution < 1.29 is 0 Å². The van der Waals surface area contributed by atoms with Crippen molar-refractivity contribution in [1.29, 1.82) is 0 Å². The molecule has 0 saturated heterocycles. The lowest BCUT2D eigenvalue weighted by atomic mass is 9.94. The molecule has 0 N–H and O–H groups in total. The molecule has 0 nitrogen and oxygen atoms in total. The van der Waals surface area contributed by atoms with E-state index in [2.05, 4.69) is 105 Å².